The number of likely N-dealkylation sites (N-methyl/N-ethyl adjacent to an activating group) is 2. The van der Waals surface area contributed by atoms with Crippen LogP contribution in [0.1, 0.15) is 17.1 Å². The third kappa shape index (κ3) is 3.19. The van der Waals surface area contributed by atoms with E-state index < -0.39 is 0 Å². The molecular weight excluding hydrogens is 248 g/mol. The van der Waals surface area contributed by atoms with E-state index in [4.69, 9.17) is 11.6 Å². The van der Waals surface area contributed by atoms with Gasteiger partial charge < -0.3 is 9.80 Å². The number of halogens is 1. The second kappa shape index (κ2) is 5.95. The molecule has 1 atom stereocenters. The number of nitrogens with zero attached hydrogens (tertiary/aromatic N) is 4. The molecule has 1 saturated heterocycles. The van der Waals surface area contributed by atoms with E-state index in [1.54, 1.807) is 0 Å². The molecule has 5 heteroatoms. The maximum absolute atomic E-state index is 5.89. The second-order valence-electron chi connectivity index (χ2n) is 5.15. The predicted molar refractivity (Wildman–Crippen MR) is 73.9 cm³/mol. The fourth-order valence-electron chi connectivity index (χ4n) is 2.28. The van der Waals surface area contributed by atoms with Crippen molar-refractivity contribution >= 4 is 11.6 Å². The topological polar surface area (TPSA) is 32.3 Å². The number of aryl methyl sites for hydroxylation is 1. The lowest BCUT2D eigenvalue weighted by Crippen LogP contribution is -2.51. The molecule has 0 N–H and O–H groups in total. The van der Waals surface area contributed by atoms with Gasteiger partial charge >= 0.3 is 0 Å². The van der Waals surface area contributed by atoms with E-state index in [0.717, 1.165) is 43.1 Å². The smallest absolute Gasteiger partial charge is 0.130 e. The van der Waals surface area contributed by atoms with Crippen LogP contribution in [-0.2, 0) is 12.3 Å². The highest BCUT2D eigenvalue weighted by Crippen LogP contribution is 2.12. The highest BCUT2D eigenvalue weighted by molar-refractivity contribution is 6.16. The van der Waals surface area contributed by atoms with Gasteiger partial charge in [0.2, 0.25) is 0 Å². The van der Waals surface area contributed by atoms with Crippen molar-refractivity contribution in [3.8, 4) is 0 Å². The zero-order valence-corrected chi connectivity index (χ0v) is 12.1. The summed E-state index contributed by atoms with van der Waals surface area (Å²) in [6, 6.07) is 0.495. The van der Waals surface area contributed by atoms with Gasteiger partial charge in [-0.05, 0) is 26.6 Å². The van der Waals surface area contributed by atoms with Crippen molar-refractivity contribution in [3.63, 3.8) is 0 Å². The third-order valence-corrected chi connectivity index (χ3v) is 3.90. The van der Waals surface area contributed by atoms with Gasteiger partial charge in [0.25, 0.3) is 0 Å². The fourth-order valence-corrected chi connectivity index (χ4v) is 2.56. The van der Waals surface area contributed by atoms with Crippen molar-refractivity contribution in [1.82, 2.24) is 19.8 Å². The maximum atomic E-state index is 5.89. The van der Waals surface area contributed by atoms with Crippen LogP contribution < -0.4 is 0 Å². The molecule has 0 bridgehead atoms. The van der Waals surface area contributed by atoms with E-state index in [1.165, 1.54) is 0 Å². The molecule has 1 fully saturated rings. The zero-order valence-electron chi connectivity index (χ0n) is 11.4. The molecule has 0 radical (unpaired) electrons. The largest absolute Gasteiger partial charge is 0.304 e. The monoisotopic (exact) mass is 268 g/mol. The SMILES string of the molecule is Cc1cnc(CC2CN(C)CCN2C)nc1CCl. The normalized spacial score (nSPS) is 22.3. The van der Waals surface area contributed by atoms with Gasteiger partial charge in [0.1, 0.15) is 5.82 Å². The lowest BCUT2D eigenvalue weighted by atomic mass is 10.1. The Hall–Kier alpha value is -0.710. The van der Waals surface area contributed by atoms with Gasteiger partial charge in [-0.2, -0.15) is 0 Å². The van der Waals surface area contributed by atoms with E-state index >= 15 is 0 Å². The molecule has 0 amide bonds. The van der Waals surface area contributed by atoms with E-state index in [2.05, 4.69) is 33.9 Å². The van der Waals surface area contributed by atoms with Gasteiger partial charge in [0.15, 0.2) is 0 Å². The number of piperazine rings is 1. The standard InChI is InChI=1S/C13H21ClN4/c1-10-8-15-13(16-12(10)7-14)6-11-9-17(2)4-5-18(11)3/h8,11H,4-7,9H2,1-3H3. The highest BCUT2D eigenvalue weighted by Gasteiger charge is 2.23. The average molecular weight is 269 g/mol. The number of alkyl halides is 1. The first-order valence-corrected chi connectivity index (χ1v) is 6.89. The minimum atomic E-state index is 0.460. The van der Waals surface area contributed by atoms with Crippen molar-refractivity contribution in [2.24, 2.45) is 0 Å². The van der Waals surface area contributed by atoms with Crippen molar-refractivity contribution in [2.75, 3.05) is 33.7 Å². The summed E-state index contributed by atoms with van der Waals surface area (Å²) in [6.45, 7) is 5.32. The molecular formula is C13H21ClN4. The van der Waals surface area contributed by atoms with Crippen LogP contribution in [-0.4, -0.2) is 59.5 Å². The summed E-state index contributed by atoms with van der Waals surface area (Å²) < 4.78 is 0. The highest BCUT2D eigenvalue weighted by atomic mass is 35.5. The Labute approximate surface area is 114 Å². The summed E-state index contributed by atoms with van der Waals surface area (Å²) in [5.41, 5.74) is 2.02. The molecule has 100 valence electrons. The molecule has 2 rings (SSSR count). The molecule has 1 unspecified atom stereocenters. The Bertz CT molecular complexity index is 410. The molecule has 0 aliphatic carbocycles. The average Bonchev–Trinajstić information content (AvgIpc) is 2.36. The summed E-state index contributed by atoms with van der Waals surface area (Å²) in [5.74, 6) is 1.37. The minimum Gasteiger partial charge on any atom is -0.304 e. The molecule has 1 aromatic heterocycles. The van der Waals surface area contributed by atoms with Crippen molar-refractivity contribution < 1.29 is 0 Å². The summed E-state index contributed by atoms with van der Waals surface area (Å²) in [7, 11) is 4.34. The Morgan fingerprint density at radius 3 is 2.89 bits per heavy atom. The third-order valence-electron chi connectivity index (χ3n) is 3.65. The summed E-state index contributed by atoms with van der Waals surface area (Å²) in [6.07, 6.45) is 2.78. The molecule has 0 aromatic carbocycles. The van der Waals surface area contributed by atoms with Crippen molar-refractivity contribution in [3.05, 3.63) is 23.3 Å². The Morgan fingerprint density at radius 2 is 2.17 bits per heavy atom. The molecule has 1 aliphatic rings. The molecule has 0 saturated carbocycles. The van der Waals surface area contributed by atoms with Crippen LogP contribution in [0.5, 0.6) is 0 Å². The zero-order chi connectivity index (χ0) is 13.1. The van der Waals surface area contributed by atoms with E-state index in [9.17, 15) is 0 Å². The van der Waals surface area contributed by atoms with Crippen LogP contribution >= 0.6 is 11.6 Å². The molecule has 1 aromatic rings. The Kier molecular flexibility index (Phi) is 4.54. The summed E-state index contributed by atoms with van der Waals surface area (Å²) in [5, 5.41) is 0. The van der Waals surface area contributed by atoms with E-state index in [-0.39, 0.29) is 0 Å². The van der Waals surface area contributed by atoms with Gasteiger partial charge in [0, 0.05) is 38.3 Å². The van der Waals surface area contributed by atoms with Gasteiger partial charge in [-0.25, -0.2) is 9.97 Å². The molecule has 0 spiro atoms. The first-order valence-electron chi connectivity index (χ1n) is 6.36. The van der Waals surface area contributed by atoms with E-state index in [0.29, 0.717) is 11.9 Å². The maximum Gasteiger partial charge on any atom is 0.130 e. The molecule has 4 nitrogen and oxygen atoms in total. The van der Waals surface area contributed by atoms with Crippen molar-refractivity contribution in [2.45, 2.75) is 25.3 Å². The van der Waals surface area contributed by atoms with Crippen LogP contribution in [0.3, 0.4) is 0 Å². The molecule has 1 aliphatic heterocycles. The van der Waals surface area contributed by atoms with Crippen molar-refractivity contribution in [1.29, 1.82) is 0 Å². The second-order valence-corrected chi connectivity index (χ2v) is 5.42. The minimum absolute atomic E-state index is 0.460. The van der Waals surface area contributed by atoms with Crippen LogP contribution in [0.4, 0.5) is 0 Å². The first-order chi connectivity index (χ1) is 8.60. The number of aromatic nitrogens is 2. The van der Waals surface area contributed by atoms with Gasteiger partial charge in [0.05, 0.1) is 11.6 Å². The quantitative estimate of drug-likeness (QED) is 0.774. The summed E-state index contributed by atoms with van der Waals surface area (Å²) in [4.78, 5) is 13.7. The van der Waals surface area contributed by atoms with Crippen LogP contribution in [0.25, 0.3) is 0 Å². The number of hydrogen-bond acceptors (Lipinski definition) is 4. The van der Waals surface area contributed by atoms with Crippen LogP contribution in [0, 0.1) is 6.92 Å². The van der Waals surface area contributed by atoms with Crippen LogP contribution in [0.2, 0.25) is 0 Å². The molecule has 18 heavy (non-hydrogen) atoms. The van der Waals surface area contributed by atoms with E-state index in [1.807, 2.05) is 13.1 Å². The lowest BCUT2D eigenvalue weighted by Gasteiger charge is -2.37. The van der Waals surface area contributed by atoms with Gasteiger partial charge in [-0.1, -0.05) is 0 Å². The first kappa shape index (κ1) is 13.7. The molecule has 2 heterocycles. The van der Waals surface area contributed by atoms with Gasteiger partial charge in [-0.3, -0.25) is 0 Å². The van der Waals surface area contributed by atoms with Crippen LogP contribution in [0.15, 0.2) is 6.20 Å². The number of hydrogen-bond donors (Lipinski definition) is 0. The lowest BCUT2D eigenvalue weighted by molar-refractivity contribution is 0.113. The Morgan fingerprint density at radius 1 is 1.39 bits per heavy atom. The fraction of sp³-hybridized carbons (Fsp3) is 0.692. The predicted octanol–water partition coefficient (Wildman–Crippen LogP) is 1.31. The van der Waals surface area contributed by atoms with Gasteiger partial charge in [-0.15, -0.1) is 11.6 Å². The summed E-state index contributed by atoms with van der Waals surface area (Å²) >= 11 is 5.89. The Balaban J connectivity index is 2.08. The number of rotatable bonds is 3.